The Morgan fingerprint density at radius 1 is 1.56 bits per heavy atom. The fraction of sp³-hybridized carbons (Fsp3) is 0.615. The number of aromatic nitrogens is 1. The molecule has 0 amide bonds. The van der Waals surface area contributed by atoms with Gasteiger partial charge in [0, 0.05) is 24.0 Å². The molecule has 0 aliphatic carbocycles. The second-order valence-corrected chi connectivity index (χ2v) is 6.45. The van der Waals surface area contributed by atoms with E-state index in [0.717, 1.165) is 13.1 Å². The molecule has 0 bridgehead atoms. The molecule has 0 aromatic carbocycles. The molecule has 1 unspecified atom stereocenters. The maximum absolute atomic E-state index is 4.40. The molecule has 1 aliphatic heterocycles. The minimum Gasteiger partial charge on any atom is -0.310 e. The molecule has 1 aromatic heterocycles. The molecule has 2 heterocycles. The summed E-state index contributed by atoms with van der Waals surface area (Å²) in [5.41, 5.74) is 2.45. The first kappa shape index (κ1) is 11.9. The van der Waals surface area contributed by atoms with Gasteiger partial charge in [-0.3, -0.25) is 4.98 Å². The van der Waals surface area contributed by atoms with E-state index in [1.165, 1.54) is 29.9 Å². The van der Waals surface area contributed by atoms with Crippen molar-refractivity contribution in [3.8, 4) is 0 Å². The standard InChI is InChI=1S/C13H20N2S/c1-11-5-3-7-15-12(11)9-14-10-13(2)6-4-8-16-13/h3,5,7,14H,4,6,8-10H2,1-2H3. The number of hydrogen-bond donors (Lipinski definition) is 1. The summed E-state index contributed by atoms with van der Waals surface area (Å²) in [6.07, 6.45) is 4.58. The van der Waals surface area contributed by atoms with Crippen LogP contribution in [0.15, 0.2) is 18.3 Å². The summed E-state index contributed by atoms with van der Waals surface area (Å²) in [6, 6.07) is 4.11. The molecule has 2 rings (SSSR count). The number of rotatable bonds is 4. The first-order valence-corrected chi connectivity index (χ1v) is 6.93. The van der Waals surface area contributed by atoms with Crippen LogP contribution in [0.25, 0.3) is 0 Å². The third kappa shape index (κ3) is 2.98. The third-order valence-corrected chi connectivity index (χ3v) is 4.75. The van der Waals surface area contributed by atoms with Crippen molar-refractivity contribution >= 4 is 11.8 Å². The fourth-order valence-corrected chi connectivity index (χ4v) is 3.40. The van der Waals surface area contributed by atoms with Crippen molar-refractivity contribution in [2.24, 2.45) is 0 Å². The molecule has 16 heavy (non-hydrogen) atoms. The zero-order chi connectivity index (χ0) is 11.4. The van der Waals surface area contributed by atoms with Crippen LogP contribution in [-0.2, 0) is 6.54 Å². The van der Waals surface area contributed by atoms with Gasteiger partial charge in [-0.15, -0.1) is 0 Å². The zero-order valence-electron chi connectivity index (χ0n) is 10.1. The van der Waals surface area contributed by atoms with Crippen molar-refractivity contribution in [1.29, 1.82) is 0 Å². The van der Waals surface area contributed by atoms with Gasteiger partial charge in [-0.2, -0.15) is 11.8 Å². The molecule has 1 saturated heterocycles. The van der Waals surface area contributed by atoms with E-state index >= 15 is 0 Å². The Bertz CT molecular complexity index is 346. The Balaban J connectivity index is 1.82. The molecule has 1 aromatic rings. The van der Waals surface area contributed by atoms with Gasteiger partial charge in [0.05, 0.1) is 5.69 Å². The average molecular weight is 236 g/mol. The monoisotopic (exact) mass is 236 g/mol. The SMILES string of the molecule is Cc1cccnc1CNCC1(C)CCCS1. The number of hydrogen-bond acceptors (Lipinski definition) is 3. The van der Waals surface area contributed by atoms with Crippen LogP contribution in [0.5, 0.6) is 0 Å². The van der Waals surface area contributed by atoms with Gasteiger partial charge in [-0.25, -0.2) is 0 Å². The second kappa shape index (κ2) is 5.19. The summed E-state index contributed by atoms with van der Waals surface area (Å²) in [4.78, 5) is 4.40. The Kier molecular flexibility index (Phi) is 3.87. The lowest BCUT2D eigenvalue weighted by Crippen LogP contribution is -2.32. The van der Waals surface area contributed by atoms with Gasteiger partial charge in [0.15, 0.2) is 0 Å². The van der Waals surface area contributed by atoms with E-state index in [1.807, 2.05) is 12.3 Å². The third-order valence-electron chi connectivity index (χ3n) is 3.21. The van der Waals surface area contributed by atoms with E-state index in [4.69, 9.17) is 0 Å². The quantitative estimate of drug-likeness (QED) is 0.870. The maximum atomic E-state index is 4.40. The minimum absolute atomic E-state index is 0.447. The molecule has 88 valence electrons. The van der Waals surface area contributed by atoms with Gasteiger partial charge in [0.1, 0.15) is 0 Å². The van der Waals surface area contributed by atoms with Crippen LogP contribution in [0.3, 0.4) is 0 Å². The Morgan fingerprint density at radius 2 is 2.44 bits per heavy atom. The van der Waals surface area contributed by atoms with E-state index < -0.39 is 0 Å². The highest BCUT2D eigenvalue weighted by molar-refractivity contribution is 8.00. The number of nitrogens with zero attached hydrogens (tertiary/aromatic N) is 1. The lowest BCUT2D eigenvalue weighted by atomic mass is 10.1. The summed E-state index contributed by atoms with van der Waals surface area (Å²) in [5.74, 6) is 1.32. The minimum atomic E-state index is 0.447. The van der Waals surface area contributed by atoms with E-state index in [2.05, 4.69) is 42.0 Å². The van der Waals surface area contributed by atoms with Crippen LogP contribution in [-0.4, -0.2) is 22.0 Å². The number of pyridine rings is 1. The molecule has 1 atom stereocenters. The molecular formula is C13H20N2S. The van der Waals surface area contributed by atoms with Crippen LogP contribution in [0, 0.1) is 6.92 Å². The van der Waals surface area contributed by atoms with Crippen molar-refractivity contribution in [3.05, 3.63) is 29.6 Å². The second-order valence-electron chi connectivity index (χ2n) is 4.77. The van der Waals surface area contributed by atoms with E-state index in [-0.39, 0.29) is 0 Å². The normalized spacial score (nSPS) is 24.9. The van der Waals surface area contributed by atoms with Crippen LogP contribution in [0.2, 0.25) is 0 Å². The summed E-state index contributed by atoms with van der Waals surface area (Å²) in [7, 11) is 0. The summed E-state index contributed by atoms with van der Waals surface area (Å²) in [5, 5.41) is 3.54. The topological polar surface area (TPSA) is 24.9 Å². The predicted molar refractivity (Wildman–Crippen MR) is 70.8 cm³/mol. The maximum Gasteiger partial charge on any atom is 0.0570 e. The fourth-order valence-electron chi connectivity index (χ4n) is 2.13. The van der Waals surface area contributed by atoms with E-state index in [1.54, 1.807) is 0 Å². The van der Waals surface area contributed by atoms with Gasteiger partial charge >= 0.3 is 0 Å². The number of nitrogens with one attached hydrogen (secondary N) is 1. The highest BCUT2D eigenvalue weighted by Gasteiger charge is 2.28. The summed E-state index contributed by atoms with van der Waals surface area (Å²) >= 11 is 2.10. The molecular weight excluding hydrogens is 216 g/mol. The smallest absolute Gasteiger partial charge is 0.0570 e. The van der Waals surface area contributed by atoms with Crippen LogP contribution in [0.1, 0.15) is 31.0 Å². The largest absolute Gasteiger partial charge is 0.310 e. The highest BCUT2D eigenvalue weighted by atomic mass is 32.2. The number of thioether (sulfide) groups is 1. The van der Waals surface area contributed by atoms with Crippen molar-refractivity contribution in [2.45, 2.75) is 38.0 Å². The highest BCUT2D eigenvalue weighted by Crippen LogP contribution is 2.36. The van der Waals surface area contributed by atoms with Gasteiger partial charge < -0.3 is 5.32 Å². The average Bonchev–Trinajstić information content (AvgIpc) is 2.68. The Morgan fingerprint density at radius 3 is 3.12 bits per heavy atom. The van der Waals surface area contributed by atoms with Crippen molar-refractivity contribution < 1.29 is 0 Å². The molecule has 0 spiro atoms. The van der Waals surface area contributed by atoms with Crippen LogP contribution in [0.4, 0.5) is 0 Å². The first-order chi connectivity index (χ1) is 7.70. The van der Waals surface area contributed by atoms with Gasteiger partial charge in [0.25, 0.3) is 0 Å². The lowest BCUT2D eigenvalue weighted by molar-refractivity contribution is 0.533. The molecule has 1 fully saturated rings. The molecule has 2 nitrogen and oxygen atoms in total. The first-order valence-electron chi connectivity index (χ1n) is 5.95. The van der Waals surface area contributed by atoms with Crippen molar-refractivity contribution in [1.82, 2.24) is 10.3 Å². The van der Waals surface area contributed by atoms with E-state index in [9.17, 15) is 0 Å². The van der Waals surface area contributed by atoms with E-state index in [0.29, 0.717) is 4.75 Å². The van der Waals surface area contributed by atoms with Crippen molar-refractivity contribution in [2.75, 3.05) is 12.3 Å². The van der Waals surface area contributed by atoms with Gasteiger partial charge in [-0.1, -0.05) is 6.07 Å². The summed E-state index contributed by atoms with van der Waals surface area (Å²) in [6.45, 7) is 6.47. The Hall–Kier alpha value is -0.540. The van der Waals surface area contributed by atoms with Crippen LogP contribution < -0.4 is 5.32 Å². The molecule has 1 aliphatic rings. The molecule has 0 radical (unpaired) electrons. The van der Waals surface area contributed by atoms with Gasteiger partial charge in [-0.05, 0) is 44.1 Å². The Labute approximate surface area is 102 Å². The molecule has 0 saturated carbocycles. The van der Waals surface area contributed by atoms with Crippen molar-refractivity contribution in [3.63, 3.8) is 0 Å². The van der Waals surface area contributed by atoms with Gasteiger partial charge in [0.2, 0.25) is 0 Å². The van der Waals surface area contributed by atoms with Crippen LogP contribution >= 0.6 is 11.8 Å². The lowest BCUT2D eigenvalue weighted by Gasteiger charge is -2.23. The summed E-state index contributed by atoms with van der Waals surface area (Å²) < 4.78 is 0.447. The molecule has 3 heteroatoms. The number of aryl methyl sites for hydroxylation is 1. The molecule has 1 N–H and O–H groups in total. The zero-order valence-corrected chi connectivity index (χ0v) is 10.9. The predicted octanol–water partition coefficient (Wildman–Crippen LogP) is 2.77.